The number of carbonyl (C=O) groups excluding carboxylic acids is 1. The Morgan fingerprint density at radius 1 is 1.52 bits per heavy atom. The second-order valence-electron chi connectivity index (χ2n) is 5.61. The second-order valence-corrected chi connectivity index (χ2v) is 5.61. The van der Waals surface area contributed by atoms with E-state index < -0.39 is 5.97 Å². The maximum Gasteiger partial charge on any atom is 0.317 e. The summed E-state index contributed by atoms with van der Waals surface area (Å²) in [4.78, 5) is 24.5. The van der Waals surface area contributed by atoms with Crippen molar-refractivity contribution in [2.45, 2.75) is 38.8 Å². The van der Waals surface area contributed by atoms with Gasteiger partial charge in [-0.15, -0.1) is 0 Å². The molecule has 116 valence electrons. The first kappa shape index (κ1) is 15.3. The van der Waals surface area contributed by atoms with E-state index in [0.717, 1.165) is 6.42 Å². The quantitative estimate of drug-likeness (QED) is 0.824. The lowest BCUT2D eigenvalue weighted by molar-refractivity contribution is -0.137. The Hall–Kier alpha value is -2.05. The Morgan fingerprint density at radius 2 is 2.33 bits per heavy atom. The molecule has 2 atom stereocenters. The van der Waals surface area contributed by atoms with Gasteiger partial charge in [0.25, 0.3) is 0 Å². The Bertz CT molecular complexity index is 475. The average molecular weight is 294 g/mol. The molecule has 1 aliphatic heterocycles. The van der Waals surface area contributed by atoms with Gasteiger partial charge in [0.1, 0.15) is 0 Å². The Kier molecular flexibility index (Phi) is 5.19. The number of hydrogen-bond acceptors (Lipinski definition) is 3. The number of aromatic nitrogens is 2. The SMILES string of the molecule is CC(Cn1cccn1)NC(=O)N1CCC(CCC(=O)O)C1. The van der Waals surface area contributed by atoms with Crippen LogP contribution in [0.1, 0.15) is 26.2 Å². The number of rotatable bonds is 6. The molecule has 7 heteroatoms. The summed E-state index contributed by atoms with van der Waals surface area (Å²) in [6.45, 7) is 3.92. The molecule has 1 saturated heterocycles. The summed E-state index contributed by atoms with van der Waals surface area (Å²) >= 11 is 0. The normalized spacial score (nSPS) is 19.5. The number of aliphatic carboxylic acids is 1. The minimum Gasteiger partial charge on any atom is -0.481 e. The highest BCUT2D eigenvalue weighted by Crippen LogP contribution is 2.21. The minimum atomic E-state index is -0.772. The first-order valence-corrected chi connectivity index (χ1v) is 7.29. The number of urea groups is 1. The van der Waals surface area contributed by atoms with E-state index in [-0.39, 0.29) is 18.5 Å². The van der Waals surface area contributed by atoms with E-state index >= 15 is 0 Å². The van der Waals surface area contributed by atoms with Crippen LogP contribution < -0.4 is 5.32 Å². The molecule has 2 amide bonds. The van der Waals surface area contributed by atoms with Gasteiger partial charge in [0.05, 0.1) is 6.54 Å². The van der Waals surface area contributed by atoms with Crippen LogP contribution in [0.25, 0.3) is 0 Å². The highest BCUT2D eigenvalue weighted by molar-refractivity contribution is 5.74. The van der Waals surface area contributed by atoms with E-state index in [1.54, 1.807) is 15.8 Å². The van der Waals surface area contributed by atoms with Crippen LogP contribution >= 0.6 is 0 Å². The van der Waals surface area contributed by atoms with Crippen LogP contribution in [0, 0.1) is 5.92 Å². The van der Waals surface area contributed by atoms with Crippen molar-refractivity contribution in [3.8, 4) is 0 Å². The molecule has 1 aromatic heterocycles. The summed E-state index contributed by atoms with van der Waals surface area (Å²) in [7, 11) is 0. The smallest absolute Gasteiger partial charge is 0.317 e. The van der Waals surface area contributed by atoms with E-state index in [2.05, 4.69) is 10.4 Å². The number of likely N-dealkylation sites (tertiary alicyclic amines) is 1. The number of carbonyl (C=O) groups is 2. The molecule has 1 fully saturated rings. The van der Waals surface area contributed by atoms with E-state index in [9.17, 15) is 9.59 Å². The highest BCUT2D eigenvalue weighted by Gasteiger charge is 2.27. The summed E-state index contributed by atoms with van der Waals surface area (Å²) in [5.41, 5.74) is 0. The number of amides is 2. The molecule has 0 bridgehead atoms. The van der Waals surface area contributed by atoms with E-state index in [1.165, 1.54) is 0 Å². The molecule has 1 aromatic rings. The Balaban J connectivity index is 1.72. The van der Waals surface area contributed by atoms with Crippen molar-refractivity contribution in [2.24, 2.45) is 5.92 Å². The zero-order valence-corrected chi connectivity index (χ0v) is 12.2. The maximum atomic E-state index is 12.1. The topological polar surface area (TPSA) is 87.5 Å². The number of nitrogens with zero attached hydrogens (tertiary/aromatic N) is 3. The van der Waals surface area contributed by atoms with Gasteiger partial charge in [-0.3, -0.25) is 9.48 Å². The number of nitrogens with one attached hydrogen (secondary N) is 1. The molecule has 2 N–H and O–H groups in total. The van der Waals surface area contributed by atoms with Crippen molar-refractivity contribution in [1.82, 2.24) is 20.0 Å². The number of carboxylic acid groups (broad SMARTS) is 1. The standard InChI is InChI=1S/C14H22N4O3/c1-11(9-18-7-2-6-15-18)16-14(21)17-8-5-12(10-17)3-4-13(19)20/h2,6-7,11-12H,3-5,8-10H2,1H3,(H,16,21)(H,19,20). The lowest BCUT2D eigenvalue weighted by Crippen LogP contribution is -2.44. The summed E-state index contributed by atoms with van der Waals surface area (Å²) in [5, 5.41) is 15.8. The third-order valence-corrected chi connectivity index (χ3v) is 3.73. The largest absolute Gasteiger partial charge is 0.481 e. The van der Waals surface area contributed by atoms with Crippen molar-refractivity contribution in [3.63, 3.8) is 0 Å². The van der Waals surface area contributed by atoms with Gasteiger partial charge in [-0.05, 0) is 31.7 Å². The van der Waals surface area contributed by atoms with Crippen LogP contribution in [0.3, 0.4) is 0 Å². The predicted octanol–water partition coefficient (Wildman–Crippen LogP) is 1.17. The fraction of sp³-hybridized carbons (Fsp3) is 0.643. The van der Waals surface area contributed by atoms with Crippen molar-refractivity contribution in [3.05, 3.63) is 18.5 Å². The predicted molar refractivity (Wildman–Crippen MR) is 76.8 cm³/mol. The van der Waals surface area contributed by atoms with Crippen molar-refractivity contribution >= 4 is 12.0 Å². The van der Waals surface area contributed by atoms with Gasteiger partial charge in [0.15, 0.2) is 0 Å². The van der Waals surface area contributed by atoms with Gasteiger partial charge in [0.2, 0.25) is 0 Å². The lowest BCUT2D eigenvalue weighted by atomic mass is 10.0. The number of carboxylic acids is 1. The molecule has 2 heterocycles. The van der Waals surface area contributed by atoms with Crippen LogP contribution in [0.15, 0.2) is 18.5 Å². The van der Waals surface area contributed by atoms with Crippen LogP contribution in [0.5, 0.6) is 0 Å². The molecular weight excluding hydrogens is 272 g/mol. The van der Waals surface area contributed by atoms with Crippen LogP contribution in [-0.4, -0.2) is 50.9 Å². The van der Waals surface area contributed by atoms with Gasteiger partial charge in [-0.25, -0.2) is 4.79 Å². The molecule has 0 saturated carbocycles. The second kappa shape index (κ2) is 7.10. The summed E-state index contributed by atoms with van der Waals surface area (Å²) in [5.74, 6) is -0.473. The Morgan fingerprint density at radius 3 is 3.00 bits per heavy atom. The van der Waals surface area contributed by atoms with Crippen molar-refractivity contribution in [2.75, 3.05) is 13.1 Å². The summed E-state index contributed by atoms with van der Waals surface area (Å²) in [6, 6.07) is 1.77. The molecule has 0 spiro atoms. The number of hydrogen-bond donors (Lipinski definition) is 2. The molecule has 2 unspecified atom stereocenters. The monoisotopic (exact) mass is 294 g/mol. The van der Waals surface area contributed by atoms with Crippen LogP contribution in [-0.2, 0) is 11.3 Å². The van der Waals surface area contributed by atoms with E-state index in [0.29, 0.717) is 32.0 Å². The van der Waals surface area contributed by atoms with Gasteiger partial charge < -0.3 is 15.3 Å². The van der Waals surface area contributed by atoms with Gasteiger partial charge in [0, 0.05) is 37.9 Å². The van der Waals surface area contributed by atoms with Gasteiger partial charge >= 0.3 is 12.0 Å². The summed E-state index contributed by atoms with van der Waals surface area (Å²) < 4.78 is 1.78. The molecule has 1 aliphatic rings. The van der Waals surface area contributed by atoms with Crippen LogP contribution in [0.4, 0.5) is 4.79 Å². The van der Waals surface area contributed by atoms with Crippen molar-refractivity contribution < 1.29 is 14.7 Å². The third kappa shape index (κ3) is 4.77. The molecular formula is C14H22N4O3. The van der Waals surface area contributed by atoms with Crippen molar-refractivity contribution in [1.29, 1.82) is 0 Å². The Labute approximate surface area is 123 Å². The third-order valence-electron chi connectivity index (χ3n) is 3.73. The maximum absolute atomic E-state index is 12.1. The minimum absolute atomic E-state index is 0.00419. The molecule has 0 aromatic carbocycles. The van der Waals surface area contributed by atoms with Gasteiger partial charge in [-0.1, -0.05) is 0 Å². The first-order chi connectivity index (χ1) is 10.0. The van der Waals surface area contributed by atoms with Crippen LogP contribution in [0.2, 0.25) is 0 Å². The van der Waals surface area contributed by atoms with E-state index in [1.807, 2.05) is 19.2 Å². The first-order valence-electron chi connectivity index (χ1n) is 7.29. The molecule has 2 rings (SSSR count). The average Bonchev–Trinajstić information content (AvgIpc) is 3.06. The van der Waals surface area contributed by atoms with E-state index in [4.69, 9.17) is 5.11 Å². The van der Waals surface area contributed by atoms with Gasteiger partial charge in [-0.2, -0.15) is 5.10 Å². The lowest BCUT2D eigenvalue weighted by Gasteiger charge is -2.21. The molecule has 0 aliphatic carbocycles. The molecule has 0 radical (unpaired) electrons. The fourth-order valence-corrected chi connectivity index (χ4v) is 2.62. The highest BCUT2D eigenvalue weighted by atomic mass is 16.4. The molecule has 21 heavy (non-hydrogen) atoms. The molecule has 7 nitrogen and oxygen atoms in total. The zero-order valence-electron chi connectivity index (χ0n) is 12.2. The summed E-state index contributed by atoms with van der Waals surface area (Å²) in [6.07, 6.45) is 5.27. The fourth-order valence-electron chi connectivity index (χ4n) is 2.62. The zero-order chi connectivity index (χ0) is 15.2.